The third-order valence-corrected chi connectivity index (χ3v) is 2.25. The zero-order valence-electron chi connectivity index (χ0n) is 6.84. The molecule has 1 rings (SSSR count). The number of hydrogen-bond acceptors (Lipinski definition) is 3. The van der Waals surface area contributed by atoms with Crippen LogP contribution in [0.1, 0.15) is 19.3 Å². The summed E-state index contributed by atoms with van der Waals surface area (Å²) in [5.74, 6) is 4.91. The molecule has 0 aromatic carbocycles. The molecule has 1 heterocycles. The van der Waals surface area contributed by atoms with Gasteiger partial charge in [0.15, 0.2) is 0 Å². The quantitative estimate of drug-likeness (QED) is 0.321. The monoisotopic (exact) mass is 157 g/mol. The summed E-state index contributed by atoms with van der Waals surface area (Å²) in [5.41, 5.74) is 2.15. The number of nitrogens with zero attached hydrogens (tertiary/aromatic N) is 1. The van der Waals surface area contributed by atoms with Crippen LogP contribution in [0.5, 0.6) is 0 Å². The van der Waals surface area contributed by atoms with E-state index in [1.807, 2.05) is 7.05 Å². The molecule has 0 bridgehead atoms. The molecule has 0 aromatic heterocycles. The summed E-state index contributed by atoms with van der Waals surface area (Å²) in [7, 11) is 2.04. The molecular formula is C7H15N3O. The van der Waals surface area contributed by atoms with Crippen molar-refractivity contribution in [3.05, 3.63) is 0 Å². The lowest BCUT2D eigenvalue weighted by molar-refractivity contribution is -0.122. The number of nitrogens with one attached hydrogen (secondary N) is 1. The van der Waals surface area contributed by atoms with Crippen molar-refractivity contribution in [3.8, 4) is 0 Å². The summed E-state index contributed by atoms with van der Waals surface area (Å²) >= 11 is 0. The molecule has 0 saturated carbocycles. The first kappa shape index (κ1) is 8.49. The number of rotatable bonds is 2. The highest BCUT2D eigenvalue weighted by Crippen LogP contribution is 2.17. The fourth-order valence-corrected chi connectivity index (χ4v) is 1.51. The van der Waals surface area contributed by atoms with E-state index < -0.39 is 0 Å². The predicted octanol–water partition coefficient (Wildman–Crippen LogP) is -0.539. The largest absolute Gasteiger partial charge is 0.303 e. The van der Waals surface area contributed by atoms with E-state index >= 15 is 0 Å². The maximum Gasteiger partial charge on any atom is 0.235 e. The average Bonchev–Trinajstić information content (AvgIpc) is 2.37. The average molecular weight is 157 g/mol. The minimum absolute atomic E-state index is 0.0660. The number of hydrogen-bond donors (Lipinski definition) is 2. The molecule has 1 aliphatic heterocycles. The first-order valence-corrected chi connectivity index (χ1v) is 3.93. The van der Waals surface area contributed by atoms with E-state index in [1.54, 1.807) is 0 Å². The number of nitrogens with two attached hydrogens (primary N) is 1. The zero-order chi connectivity index (χ0) is 8.27. The van der Waals surface area contributed by atoms with Gasteiger partial charge < -0.3 is 4.90 Å². The summed E-state index contributed by atoms with van der Waals surface area (Å²) in [6.45, 7) is 1.10. The molecule has 1 amide bonds. The standard InChI is InChI=1S/C7H15N3O/c1-10-4-2-3-6(10)5-7(11)9-8/h6H,2-5,8H2,1H3,(H,9,11). The van der Waals surface area contributed by atoms with Crippen LogP contribution in [0.25, 0.3) is 0 Å². The number of amides is 1. The lowest BCUT2D eigenvalue weighted by Gasteiger charge is -2.17. The highest BCUT2D eigenvalue weighted by Gasteiger charge is 2.22. The normalized spacial score (nSPS) is 25.5. The Balaban J connectivity index is 2.30. The van der Waals surface area contributed by atoms with Gasteiger partial charge >= 0.3 is 0 Å². The second-order valence-electron chi connectivity index (χ2n) is 3.05. The maximum absolute atomic E-state index is 10.9. The highest BCUT2D eigenvalue weighted by atomic mass is 16.2. The molecule has 0 aliphatic carbocycles. The van der Waals surface area contributed by atoms with Crippen LogP contribution < -0.4 is 11.3 Å². The first-order valence-electron chi connectivity index (χ1n) is 3.93. The minimum Gasteiger partial charge on any atom is -0.303 e. The van der Waals surface area contributed by atoms with E-state index in [2.05, 4.69) is 10.3 Å². The van der Waals surface area contributed by atoms with Crippen LogP contribution in [0.2, 0.25) is 0 Å². The SMILES string of the molecule is CN1CCCC1CC(=O)NN. The van der Waals surface area contributed by atoms with Crippen molar-refractivity contribution in [1.82, 2.24) is 10.3 Å². The van der Waals surface area contributed by atoms with Crippen LogP contribution in [0.3, 0.4) is 0 Å². The minimum atomic E-state index is -0.0660. The molecule has 1 saturated heterocycles. The molecule has 4 nitrogen and oxygen atoms in total. The molecule has 64 valence electrons. The Hall–Kier alpha value is -0.610. The van der Waals surface area contributed by atoms with Gasteiger partial charge in [-0.15, -0.1) is 0 Å². The first-order chi connectivity index (χ1) is 5.24. The predicted molar refractivity (Wildman–Crippen MR) is 42.6 cm³/mol. The van der Waals surface area contributed by atoms with Gasteiger partial charge in [-0.05, 0) is 26.4 Å². The second kappa shape index (κ2) is 3.69. The van der Waals surface area contributed by atoms with Gasteiger partial charge in [-0.2, -0.15) is 0 Å². The van der Waals surface area contributed by atoms with Crippen molar-refractivity contribution in [2.75, 3.05) is 13.6 Å². The Bertz CT molecular complexity index is 149. The van der Waals surface area contributed by atoms with Crippen molar-refractivity contribution in [3.63, 3.8) is 0 Å². The fraction of sp³-hybridized carbons (Fsp3) is 0.857. The van der Waals surface area contributed by atoms with E-state index in [4.69, 9.17) is 5.84 Å². The summed E-state index contributed by atoms with van der Waals surface area (Å²) < 4.78 is 0. The molecule has 11 heavy (non-hydrogen) atoms. The molecular weight excluding hydrogens is 142 g/mol. The van der Waals surface area contributed by atoms with Gasteiger partial charge in [0.2, 0.25) is 5.91 Å². The van der Waals surface area contributed by atoms with Gasteiger partial charge in [0.25, 0.3) is 0 Å². The van der Waals surface area contributed by atoms with Crippen molar-refractivity contribution in [1.29, 1.82) is 0 Å². The summed E-state index contributed by atoms with van der Waals surface area (Å²) in [4.78, 5) is 13.1. The number of likely N-dealkylation sites (tertiary alicyclic amines) is 1. The van der Waals surface area contributed by atoms with Crippen molar-refractivity contribution < 1.29 is 4.79 Å². The molecule has 0 aromatic rings. The summed E-state index contributed by atoms with van der Waals surface area (Å²) in [6.07, 6.45) is 2.84. The fourth-order valence-electron chi connectivity index (χ4n) is 1.51. The molecule has 0 radical (unpaired) electrons. The van der Waals surface area contributed by atoms with Gasteiger partial charge in [0.1, 0.15) is 0 Å². The van der Waals surface area contributed by atoms with Gasteiger partial charge in [-0.25, -0.2) is 5.84 Å². The van der Waals surface area contributed by atoms with Crippen LogP contribution in [0, 0.1) is 0 Å². The molecule has 1 unspecified atom stereocenters. The van der Waals surface area contributed by atoms with E-state index in [0.717, 1.165) is 13.0 Å². The third kappa shape index (κ3) is 2.17. The molecule has 4 heteroatoms. The Morgan fingerprint density at radius 2 is 2.55 bits per heavy atom. The van der Waals surface area contributed by atoms with Crippen LogP contribution in [-0.4, -0.2) is 30.4 Å². The van der Waals surface area contributed by atoms with Crippen molar-refractivity contribution in [2.24, 2.45) is 5.84 Å². The van der Waals surface area contributed by atoms with E-state index in [1.165, 1.54) is 6.42 Å². The second-order valence-corrected chi connectivity index (χ2v) is 3.05. The summed E-state index contributed by atoms with van der Waals surface area (Å²) in [6, 6.07) is 0.401. The number of carbonyl (C=O) groups excluding carboxylic acids is 1. The van der Waals surface area contributed by atoms with Crippen molar-refractivity contribution >= 4 is 5.91 Å². The highest BCUT2D eigenvalue weighted by molar-refractivity contribution is 5.75. The smallest absolute Gasteiger partial charge is 0.235 e. The number of carbonyl (C=O) groups is 1. The van der Waals surface area contributed by atoms with E-state index in [0.29, 0.717) is 12.5 Å². The van der Waals surface area contributed by atoms with Crippen molar-refractivity contribution in [2.45, 2.75) is 25.3 Å². The lowest BCUT2D eigenvalue weighted by atomic mass is 10.1. The molecule has 3 N–H and O–H groups in total. The van der Waals surface area contributed by atoms with Gasteiger partial charge in [0.05, 0.1) is 0 Å². The Kier molecular flexibility index (Phi) is 2.84. The van der Waals surface area contributed by atoms with E-state index in [-0.39, 0.29) is 5.91 Å². The molecule has 1 atom stereocenters. The van der Waals surface area contributed by atoms with Gasteiger partial charge in [-0.3, -0.25) is 10.2 Å². The molecule has 1 aliphatic rings. The van der Waals surface area contributed by atoms with Crippen LogP contribution in [0.4, 0.5) is 0 Å². The van der Waals surface area contributed by atoms with Crippen LogP contribution >= 0.6 is 0 Å². The zero-order valence-corrected chi connectivity index (χ0v) is 6.84. The Morgan fingerprint density at radius 1 is 1.82 bits per heavy atom. The Labute approximate surface area is 66.7 Å². The van der Waals surface area contributed by atoms with Crippen LogP contribution in [0.15, 0.2) is 0 Å². The maximum atomic E-state index is 10.9. The van der Waals surface area contributed by atoms with Crippen LogP contribution in [-0.2, 0) is 4.79 Å². The topological polar surface area (TPSA) is 58.4 Å². The number of hydrazine groups is 1. The van der Waals surface area contributed by atoms with E-state index in [9.17, 15) is 4.79 Å². The Morgan fingerprint density at radius 3 is 3.00 bits per heavy atom. The van der Waals surface area contributed by atoms with Gasteiger partial charge in [0, 0.05) is 12.5 Å². The summed E-state index contributed by atoms with van der Waals surface area (Å²) in [5, 5.41) is 0. The van der Waals surface area contributed by atoms with Gasteiger partial charge in [-0.1, -0.05) is 0 Å². The molecule has 0 spiro atoms. The third-order valence-electron chi connectivity index (χ3n) is 2.25. The lowest BCUT2D eigenvalue weighted by Crippen LogP contribution is -2.36. The molecule has 1 fully saturated rings.